The van der Waals surface area contributed by atoms with E-state index >= 15 is 0 Å². The molecule has 1 heterocycles. The number of ether oxygens (including phenoxy) is 3. The molecule has 0 radical (unpaired) electrons. The van der Waals surface area contributed by atoms with E-state index in [0.29, 0.717) is 28.5 Å². The van der Waals surface area contributed by atoms with Gasteiger partial charge in [-0.1, -0.05) is 17.3 Å². The Bertz CT molecular complexity index is 1000. The van der Waals surface area contributed by atoms with Crippen molar-refractivity contribution in [1.29, 1.82) is 0 Å². The predicted octanol–water partition coefficient (Wildman–Crippen LogP) is 3.65. The average molecular weight is 384 g/mol. The molecule has 0 aliphatic carbocycles. The number of carbonyl (C=O) groups excluding carboxylic acids is 1. The molecule has 0 atom stereocenters. The Hall–Kier alpha value is -3.68. The number of hydrogen-bond donors (Lipinski definition) is 0. The number of benzene rings is 2. The maximum Gasteiger partial charge on any atom is 0.331 e. The highest BCUT2D eigenvalue weighted by atomic mass is 19.1. The Morgan fingerprint density at radius 3 is 2.71 bits per heavy atom. The van der Waals surface area contributed by atoms with Gasteiger partial charge in [0.2, 0.25) is 5.82 Å². The zero-order valence-corrected chi connectivity index (χ0v) is 15.2. The standard InChI is InChI=1S/C20H17FN2O5/c1-25-16-8-7-14(11-17(16)26-2)20-22-18(28-23-20)12-27-19(24)9-6-13-4-3-5-15(21)10-13/h3-11H,12H2,1-2H3/b9-6+. The quantitative estimate of drug-likeness (QED) is 0.454. The number of nitrogens with zero attached hydrogens (tertiary/aromatic N) is 2. The van der Waals surface area contributed by atoms with Gasteiger partial charge in [0.1, 0.15) is 5.82 Å². The Kier molecular flexibility index (Phi) is 6.01. The van der Waals surface area contributed by atoms with Crippen molar-refractivity contribution >= 4 is 12.0 Å². The topological polar surface area (TPSA) is 83.7 Å². The minimum atomic E-state index is -0.616. The van der Waals surface area contributed by atoms with Crippen molar-refractivity contribution in [2.75, 3.05) is 14.2 Å². The number of esters is 1. The van der Waals surface area contributed by atoms with E-state index in [0.717, 1.165) is 0 Å². The summed E-state index contributed by atoms with van der Waals surface area (Å²) in [5.41, 5.74) is 1.20. The summed E-state index contributed by atoms with van der Waals surface area (Å²) in [5, 5.41) is 3.87. The Morgan fingerprint density at radius 2 is 1.96 bits per heavy atom. The summed E-state index contributed by atoms with van der Waals surface area (Å²) >= 11 is 0. The zero-order valence-electron chi connectivity index (χ0n) is 15.2. The van der Waals surface area contributed by atoms with E-state index in [1.165, 1.54) is 31.4 Å². The first-order valence-electron chi connectivity index (χ1n) is 8.24. The van der Waals surface area contributed by atoms with E-state index < -0.39 is 5.97 Å². The second-order valence-corrected chi connectivity index (χ2v) is 5.58. The van der Waals surface area contributed by atoms with E-state index in [-0.39, 0.29) is 18.3 Å². The minimum absolute atomic E-state index is 0.136. The van der Waals surface area contributed by atoms with Gasteiger partial charge < -0.3 is 18.7 Å². The highest BCUT2D eigenvalue weighted by Crippen LogP contribution is 2.31. The highest BCUT2D eigenvalue weighted by Gasteiger charge is 2.13. The van der Waals surface area contributed by atoms with Gasteiger partial charge in [0, 0.05) is 11.6 Å². The molecule has 0 unspecified atom stereocenters. The second-order valence-electron chi connectivity index (χ2n) is 5.58. The predicted molar refractivity (Wildman–Crippen MR) is 98.1 cm³/mol. The van der Waals surface area contributed by atoms with Crippen LogP contribution in [-0.4, -0.2) is 30.3 Å². The first-order chi connectivity index (χ1) is 13.6. The van der Waals surface area contributed by atoms with E-state index in [4.69, 9.17) is 18.7 Å². The Morgan fingerprint density at radius 1 is 1.14 bits per heavy atom. The van der Waals surface area contributed by atoms with Crippen LogP contribution in [0.2, 0.25) is 0 Å². The number of hydrogen-bond acceptors (Lipinski definition) is 7. The molecule has 7 nitrogen and oxygen atoms in total. The molecule has 144 valence electrons. The van der Waals surface area contributed by atoms with Crippen LogP contribution in [0.5, 0.6) is 11.5 Å². The van der Waals surface area contributed by atoms with Crippen molar-refractivity contribution in [2.45, 2.75) is 6.61 Å². The summed E-state index contributed by atoms with van der Waals surface area (Å²) in [6.07, 6.45) is 2.65. The molecule has 1 aromatic heterocycles. The van der Waals surface area contributed by atoms with Crippen molar-refractivity contribution in [1.82, 2.24) is 10.1 Å². The number of rotatable bonds is 7. The van der Waals surface area contributed by atoms with Crippen LogP contribution in [0, 0.1) is 5.82 Å². The van der Waals surface area contributed by atoms with Gasteiger partial charge in [-0.15, -0.1) is 0 Å². The molecule has 0 aliphatic heterocycles. The molecule has 0 bridgehead atoms. The molecule has 0 saturated heterocycles. The van der Waals surface area contributed by atoms with Crippen molar-refractivity contribution in [3.63, 3.8) is 0 Å². The molecule has 3 aromatic rings. The molecule has 2 aromatic carbocycles. The smallest absolute Gasteiger partial charge is 0.331 e. The van der Waals surface area contributed by atoms with E-state index in [2.05, 4.69) is 10.1 Å². The van der Waals surface area contributed by atoms with Gasteiger partial charge in [-0.25, -0.2) is 9.18 Å². The Balaban J connectivity index is 1.61. The third-order valence-corrected chi connectivity index (χ3v) is 3.71. The van der Waals surface area contributed by atoms with Crippen molar-refractivity contribution < 1.29 is 27.9 Å². The third kappa shape index (κ3) is 4.73. The summed E-state index contributed by atoms with van der Waals surface area (Å²) in [5.74, 6) is 0.563. The average Bonchev–Trinajstić information content (AvgIpc) is 3.19. The van der Waals surface area contributed by atoms with Gasteiger partial charge in [-0.3, -0.25) is 0 Å². The zero-order chi connectivity index (χ0) is 19.9. The van der Waals surface area contributed by atoms with Gasteiger partial charge in [-0.2, -0.15) is 4.98 Å². The lowest BCUT2D eigenvalue weighted by molar-refractivity contribution is -0.139. The van der Waals surface area contributed by atoms with E-state index in [1.807, 2.05) is 0 Å². The second kappa shape index (κ2) is 8.81. The lowest BCUT2D eigenvalue weighted by atomic mass is 10.2. The molecular weight excluding hydrogens is 367 g/mol. The SMILES string of the molecule is COc1ccc(-c2noc(COC(=O)/C=C/c3cccc(F)c3)n2)cc1OC. The molecule has 0 N–H and O–H groups in total. The van der Waals surface area contributed by atoms with Crippen LogP contribution in [0.3, 0.4) is 0 Å². The number of carbonyl (C=O) groups is 1. The van der Waals surface area contributed by atoms with Crippen LogP contribution in [0.25, 0.3) is 17.5 Å². The summed E-state index contributed by atoms with van der Waals surface area (Å²) in [6.45, 7) is -0.188. The molecule has 0 saturated carbocycles. The van der Waals surface area contributed by atoms with Crippen LogP contribution in [0.4, 0.5) is 4.39 Å². The van der Waals surface area contributed by atoms with Gasteiger partial charge in [0.25, 0.3) is 5.89 Å². The number of aromatic nitrogens is 2. The number of methoxy groups -OCH3 is 2. The summed E-state index contributed by atoms with van der Waals surface area (Å²) in [7, 11) is 3.07. The van der Waals surface area contributed by atoms with Crippen LogP contribution in [0.1, 0.15) is 11.5 Å². The molecule has 8 heteroatoms. The lowest BCUT2D eigenvalue weighted by Crippen LogP contribution is -2.01. The fraction of sp³-hybridized carbons (Fsp3) is 0.150. The van der Waals surface area contributed by atoms with Crippen LogP contribution < -0.4 is 9.47 Å². The summed E-state index contributed by atoms with van der Waals surface area (Å²) in [4.78, 5) is 16.0. The molecule has 0 fully saturated rings. The van der Waals surface area contributed by atoms with Gasteiger partial charge >= 0.3 is 5.97 Å². The first-order valence-corrected chi connectivity index (χ1v) is 8.24. The summed E-state index contributed by atoms with van der Waals surface area (Å²) in [6, 6.07) is 11.0. The monoisotopic (exact) mass is 384 g/mol. The maximum absolute atomic E-state index is 13.1. The molecular formula is C20H17FN2O5. The van der Waals surface area contributed by atoms with Gasteiger partial charge in [-0.05, 0) is 42.0 Å². The van der Waals surface area contributed by atoms with Gasteiger partial charge in [0.15, 0.2) is 18.1 Å². The third-order valence-electron chi connectivity index (χ3n) is 3.71. The van der Waals surface area contributed by atoms with Crippen molar-refractivity contribution in [3.8, 4) is 22.9 Å². The van der Waals surface area contributed by atoms with E-state index in [1.54, 1.807) is 37.4 Å². The Labute approximate surface area is 160 Å². The largest absolute Gasteiger partial charge is 0.493 e. The molecule has 0 amide bonds. The first kappa shape index (κ1) is 19.1. The molecule has 0 aliphatic rings. The normalized spacial score (nSPS) is 10.8. The van der Waals surface area contributed by atoms with Gasteiger partial charge in [0.05, 0.1) is 14.2 Å². The minimum Gasteiger partial charge on any atom is -0.493 e. The highest BCUT2D eigenvalue weighted by molar-refractivity contribution is 5.87. The summed E-state index contributed by atoms with van der Waals surface area (Å²) < 4.78 is 33.7. The van der Waals surface area contributed by atoms with Crippen molar-refractivity contribution in [2.24, 2.45) is 0 Å². The lowest BCUT2D eigenvalue weighted by Gasteiger charge is -2.07. The molecule has 28 heavy (non-hydrogen) atoms. The maximum atomic E-state index is 13.1. The number of halogens is 1. The fourth-order valence-corrected chi connectivity index (χ4v) is 2.36. The molecule has 3 rings (SSSR count). The van der Waals surface area contributed by atoms with Crippen molar-refractivity contribution in [3.05, 3.63) is 65.8 Å². The van der Waals surface area contributed by atoms with Crippen LogP contribution >= 0.6 is 0 Å². The molecule has 0 spiro atoms. The van der Waals surface area contributed by atoms with Crippen LogP contribution in [-0.2, 0) is 16.1 Å². The fourth-order valence-electron chi connectivity index (χ4n) is 2.36. The van der Waals surface area contributed by atoms with E-state index in [9.17, 15) is 9.18 Å². The van der Waals surface area contributed by atoms with Crippen LogP contribution in [0.15, 0.2) is 53.1 Å².